The highest BCUT2D eigenvalue weighted by atomic mass is 35.5. The van der Waals surface area contributed by atoms with Crippen molar-refractivity contribution in [2.75, 3.05) is 10.6 Å². The Balaban J connectivity index is 0.000000172. The second kappa shape index (κ2) is 15.3. The maximum Gasteiger partial charge on any atom is 0.435 e. The molecule has 4 aliphatic heterocycles. The van der Waals surface area contributed by atoms with Gasteiger partial charge in [-0.2, -0.15) is 36.5 Å². The lowest BCUT2D eigenvalue weighted by Gasteiger charge is -2.27. The summed E-state index contributed by atoms with van der Waals surface area (Å²) in [5, 5.41) is 14.0. The van der Waals surface area contributed by atoms with E-state index in [4.69, 9.17) is 55.9 Å². The van der Waals surface area contributed by atoms with Crippen LogP contribution in [0.25, 0.3) is 0 Å². The highest BCUT2D eigenvalue weighted by molar-refractivity contribution is 6.42. The van der Waals surface area contributed by atoms with Crippen molar-refractivity contribution in [2.24, 2.45) is 25.9 Å². The van der Waals surface area contributed by atoms with Crippen LogP contribution in [0.1, 0.15) is 60.3 Å². The van der Waals surface area contributed by atoms with Crippen LogP contribution in [0.2, 0.25) is 20.1 Å². The number of alkyl halides is 6. The van der Waals surface area contributed by atoms with Gasteiger partial charge in [0.1, 0.15) is 0 Å². The first kappa shape index (κ1) is 40.6. The lowest BCUT2D eigenvalue weighted by molar-refractivity contribution is -0.142. The second-order valence-corrected chi connectivity index (χ2v) is 15.7. The normalized spacial score (nSPS) is 26.6. The molecular formula is C36H32Cl4F6N6O4. The Bertz CT molecular complexity index is 2010. The van der Waals surface area contributed by atoms with E-state index in [2.05, 4.69) is 20.8 Å². The molecule has 0 radical (unpaired) electrons. The number of amides is 2. The number of carbonyl (C=O) groups excluding carboxylic acids is 2. The maximum absolute atomic E-state index is 13.1. The minimum atomic E-state index is -4.55. The van der Waals surface area contributed by atoms with Crippen molar-refractivity contribution in [1.29, 1.82) is 0 Å². The molecule has 2 N–H and O–H groups in total. The number of nitrogens with one attached hydrogen (secondary N) is 2. The molecule has 2 aromatic carbocycles. The Labute approximate surface area is 335 Å². The fourth-order valence-corrected chi connectivity index (χ4v) is 8.83. The number of aromatic nitrogens is 4. The van der Waals surface area contributed by atoms with Crippen molar-refractivity contribution in [2.45, 2.75) is 74.3 Å². The largest absolute Gasteiger partial charge is 0.435 e. The SMILES string of the molecule is Cn1nc(C(F)(F)F)cc1[C@H]1[C@@H](C(=O)Nc2ccc(Cl)c(Cl)c2)[C@H]2CC[C@@H]1O2.Cn1nc(C(F)(F)F)cc1[C@H]1[C@H](C(=O)Nc2ccc(Cl)c(Cl)c2)[C@H]2CC[C@@H]1O2. The van der Waals surface area contributed by atoms with Gasteiger partial charge in [0, 0.05) is 48.7 Å². The van der Waals surface area contributed by atoms with Gasteiger partial charge in [0.05, 0.1) is 56.3 Å². The van der Waals surface area contributed by atoms with Crippen LogP contribution in [0.15, 0.2) is 48.5 Å². The number of fused-ring (bicyclic) bond motifs is 4. The standard InChI is InChI=1S/2C18H16Cl2F3N3O2/c2*1-26-11(7-14(25-26)18(21,22)23)15-12-4-5-13(28-12)16(15)17(27)24-8-2-3-9(19)10(20)6-8/h2*2-3,6-7,12-13,15-16H,4-5H2,1H3,(H,24,27)/t12-,13+,15+,16+;12-,13+,15+,16-/m00/s1. The summed E-state index contributed by atoms with van der Waals surface area (Å²) in [5.74, 6) is -2.91. The van der Waals surface area contributed by atoms with Gasteiger partial charge < -0.3 is 20.1 Å². The Morgan fingerprint density at radius 3 is 1.29 bits per heavy atom. The summed E-state index contributed by atoms with van der Waals surface area (Å²) in [4.78, 5) is 26.0. The number of ether oxygens (including phenoxy) is 2. The fourth-order valence-electron chi connectivity index (χ4n) is 8.24. The Morgan fingerprint density at radius 1 is 0.607 bits per heavy atom. The van der Waals surface area contributed by atoms with Gasteiger partial charge >= 0.3 is 12.4 Å². The second-order valence-electron chi connectivity index (χ2n) is 14.1. The Hall–Kier alpha value is -3.54. The highest BCUT2D eigenvalue weighted by Gasteiger charge is 2.55. The van der Waals surface area contributed by atoms with Crippen LogP contribution < -0.4 is 10.6 Å². The predicted molar refractivity (Wildman–Crippen MR) is 195 cm³/mol. The molecule has 0 aliphatic carbocycles. The van der Waals surface area contributed by atoms with Gasteiger partial charge in [-0.15, -0.1) is 0 Å². The maximum atomic E-state index is 13.1. The average Bonchev–Trinajstić information content (AvgIpc) is 3.97. The summed E-state index contributed by atoms with van der Waals surface area (Å²) in [6, 6.07) is 11.4. The van der Waals surface area contributed by atoms with Crippen molar-refractivity contribution in [3.05, 3.63) is 91.4 Å². The van der Waals surface area contributed by atoms with E-state index in [0.29, 0.717) is 68.5 Å². The monoisotopic (exact) mass is 866 g/mol. The van der Waals surface area contributed by atoms with E-state index >= 15 is 0 Å². The number of benzene rings is 2. The van der Waals surface area contributed by atoms with Gasteiger partial charge in [-0.25, -0.2) is 0 Å². The number of hydrogen-bond acceptors (Lipinski definition) is 6. The number of rotatable bonds is 6. The summed E-state index contributed by atoms with van der Waals surface area (Å²) < 4.78 is 92.5. The van der Waals surface area contributed by atoms with E-state index in [1.54, 1.807) is 24.3 Å². The molecule has 4 aliphatic rings. The smallest absolute Gasteiger partial charge is 0.373 e. The molecule has 2 aromatic heterocycles. The van der Waals surface area contributed by atoms with E-state index in [1.807, 2.05) is 0 Å². The first-order chi connectivity index (χ1) is 26.3. The Kier molecular flexibility index (Phi) is 11.1. The van der Waals surface area contributed by atoms with Gasteiger partial charge in [-0.1, -0.05) is 46.4 Å². The lowest BCUT2D eigenvalue weighted by Crippen LogP contribution is -2.36. The third kappa shape index (κ3) is 7.97. The fraction of sp³-hybridized carbons (Fsp3) is 0.444. The van der Waals surface area contributed by atoms with Gasteiger partial charge in [0.15, 0.2) is 11.4 Å². The van der Waals surface area contributed by atoms with Crippen LogP contribution in [0.4, 0.5) is 37.7 Å². The van der Waals surface area contributed by atoms with E-state index < -0.39 is 47.4 Å². The van der Waals surface area contributed by atoms with Gasteiger partial charge in [-0.05, 0) is 74.2 Å². The quantitative estimate of drug-likeness (QED) is 0.187. The zero-order chi connectivity index (χ0) is 40.4. The van der Waals surface area contributed by atoms with Crippen molar-refractivity contribution < 1.29 is 45.4 Å². The summed E-state index contributed by atoms with van der Waals surface area (Å²) in [5.41, 5.74) is -0.348. The Morgan fingerprint density at radius 2 is 0.964 bits per heavy atom. The van der Waals surface area contributed by atoms with E-state index in [-0.39, 0.29) is 36.2 Å². The molecule has 8 rings (SSSR count). The van der Waals surface area contributed by atoms with Crippen LogP contribution >= 0.6 is 46.4 Å². The van der Waals surface area contributed by atoms with Gasteiger partial charge in [0.2, 0.25) is 11.8 Å². The third-order valence-electron chi connectivity index (χ3n) is 10.6. The lowest BCUT2D eigenvalue weighted by atomic mass is 9.76. The number of carbonyl (C=O) groups is 2. The molecule has 4 bridgehead atoms. The molecule has 0 saturated carbocycles. The number of halogens is 10. The van der Waals surface area contributed by atoms with E-state index in [9.17, 15) is 35.9 Å². The number of hydrogen-bond donors (Lipinski definition) is 2. The van der Waals surface area contributed by atoms with Gasteiger partial charge in [0.25, 0.3) is 0 Å². The molecule has 0 unspecified atom stereocenters. The van der Waals surface area contributed by atoms with Crippen molar-refractivity contribution in [1.82, 2.24) is 19.6 Å². The summed E-state index contributed by atoms with van der Waals surface area (Å²) in [7, 11) is 2.90. The molecule has 20 heteroatoms. The van der Waals surface area contributed by atoms with Crippen LogP contribution in [0, 0.1) is 11.8 Å². The molecule has 10 nitrogen and oxygen atoms in total. The van der Waals surface area contributed by atoms with Crippen LogP contribution in [-0.2, 0) is 45.5 Å². The summed E-state index contributed by atoms with van der Waals surface area (Å²) >= 11 is 23.7. The molecule has 2 amide bonds. The molecule has 0 spiro atoms. The van der Waals surface area contributed by atoms with Crippen LogP contribution in [0.3, 0.4) is 0 Å². The predicted octanol–water partition coefficient (Wildman–Crippen LogP) is 9.29. The zero-order valence-electron chi connectivity index (χ0n) is 29.3. The highest BCUT2D eigenvalue weighted by Crippen LogP contribution is 2.51. The molecule has 300 valence electrons. The molecule has 6 heterocycles. The third-order valence-corrected chi connectivity index (χ3v) is 12.1. The molecule has 8 atom stereocenters. The first-order valence-electron chi connectivity index (χ1n) is 17.3. The summed E-state index contributed by atoms with van der Waals surface area (Å²) in [6.07, 6.45) is -7.66. The summed E-state index contributed by atoms with van der Waals surface area (Å²) in [6.45, 7) is 0. The average molecular weight is 868 g/mol. The molecule has 56 heavy (non-hydrogen) atoms. The number of anilines is 2. The minimum Gasteiger partial charge on any atom is -0.373 e. The number of nitrogens with zero attached hydrogens (tertiary/aromatic N) is 4. The van der Waals surface area contributed by atoms with Crippen molar-refractivity contribution in [3.8, 4) is 0 Å². The molecule has 4 saturated heterocycles. The first-order valence-corrected chi connectivity index (χ1v) is 18.9. The molecule has 4 fully saturated rings. The van der Waals surface area contributed by atoms with Crippen molar-refractivity contribution in [3.63, 3.8) is 0 Å². The molecular weight excluding hydrogens is 836 g/mol. The van der Waals surface area contributed by atoms with Gasteiger partial charge in [-0.3, -0.25) is 19.0 Å². The zero-order valence-corrected chi connectivity index (χ0v) is 32.3. The van der Waals surface area contributed by atoms with Crippen molar-refractivity contribution >= 4 is 69.6 Å². The van der Waals surface area contributed by atoms with E-state index in [1.165, 1.54) is 35.6 Å². The topological polar surface area (TPSA) is 112 Å². The minimum absolute atomic E-state index is 0.293. The molecule has 4 aromatic rings. The number of aryl methyl sites for hydroxylation is 2. The van der Waals surface area contributed by atoms with Crippen LogP contribution in [-0.4, -0.2) is 55.8 Å². The van der Waals surface area contributed by atoms with E-state index in [0.717, 1.165) is 12.1 Å². The van der Waals surface area contributed by atoms with Crippen LogP contribution in [0.5, 0.6) is 0 Å².